The first-order chi connectivity index (χ1) is 14.0. The van der Waals surface area contributed by atoms with E-state index in [0.29, 0.717) is 43.9 Å². The molecule has 1 amide bonds. The van der Waals surface area contributed by atoms with Crippen LogP contribution in [0.3, 0.4) is 0 Å². The summed E-state index contributed by atoms with van der Waals surface area (Å²) >= 11 is 0. The number of hydrogen-bond donors (Lipinski definition) is 1. The second kappa shape index (κ2) is 8.22. The van der Waals surface area contributed by atoms with Gasteiger partial charge in [-0.25, -0.2) is 0 Å². The molecular formula is C22H30N2O5. The molecule has 29 heavy (non-hydrogen) atoms. The van der Waals surface area contributed by atoms with E-state index >= 15 is 0 Å². The Morgan fingerprint density at radius 1 is 1.21 bits per heavy atom. The van der Waals surface area contributed by atoms with E-state index in [1.165, 1.54) is 12.8 Å². The summed E-state index contributed by atoms with van der Waals surface area (Å²) in [6.07, 6.45) is 6.04. The number of carbonyl (C=O) groups is 1. The van der Waals surface area contributed by atoms with Crippen LogP contribution in [0.2, 0.25) is 0 Å². The van der Waals surface area contributed by atoms with E-state index in [9.17, 15) is 9.90 Å². The largest absolute Gasteiger partial charge is 0.493 e. The number of aliphatic hydroxyl groups excluding tert-OH is 1. The van der Waals surface area contributed by atoms with Crippen molar-refractivity contribution < 1.29 is 24.2 Å². The SMILES string of the molecule is COc1ccc(C2=NOC(C)(C(=O)N3CCC(O)CC3)C2)cc1OC1CCCC1. The van der Waals surface area contributed by atoms with Gasteiger partial charge in [0, 0.05) is 25.1 Å². The number of rotatable bonds is 5. The third kappa shape index (κ3) is 4.20. The number of piperidine rings is 1. The van der Waals surface area contributed by atoms with Crippen molar-refractivity contribution in [1.82, 2.24) is 4.90 Å². The Balaban J connectivity index is 1.47. The Morgan fingerprint density at radius 2 is 1.93 bits per heavy atom. The second-order valence-electron chi connectivity index (χ2n) is 8.45. The molecular weight excluding hydrogens is 372 g/mol. The number of nitrogens with zero attached hydrogens (tertiary/aromatic N) is 2. The molecule has 4 rings (SSSR count). The molecule has 2 aliphatic heterocycles. The zero-order chi connectivity index (χ0) is 20.4. The third-order valence-electron chi connectivity index (χ3n) is 6.16. The smallest absolute Gasteiger partial charge is 0.269 e. The molecule has 158 valence electrons. The monoisotopic (exact) mass is 402 g/mol. The summed E-state index contributed by atoms with van der Waals surface area (Å²) in [6, 6.07) is 5.74. The van der Waals surface area contributed by atoms with E-state index in [1.54, 1.807) is 18.9 Å². The van der Waals surface area contributed by atoms with Crippen LogP contribution in [0.5, 0.6) is 11.5 Å². The minimum Gasteiger partial charge on any atom is -0.493 e. The summed E-state index contributed by atoms with van der Waals surface area (Å²) in [5.41, 5.74) is 0.602. The number of methoxy groups -OCH3 is 1. The van der Waals surface area contributed by atoms with Gasteiger partial charge in [-0.2, -0.15) is 0 Å². The molecule has 0 radical (unpaired) electrons. The number of hydrogen-bond acceptors (Lipinski definition) is 6. The molecule has 7 heteroatoms. The quantitative estimate of drug-likeness (QED) is 0.819. The zero-order valence-electron chi connectivity index (χ0n) is 17.2. The van der Waals surface area contributed by atoms with Crippen LogP contribution in [0.1, 0.15) is 57.4 Å². The van der Waals surface area contributed by atoms with Crippen molar-refractivity contribution in [2.24, 2.45) is 5.16 Å². The van der Waals surface area contributed by atoms with Gasteiger partial charge >= 0.3 is 0 Å². The van der Waals surface area contributed by atoms with Crippen LogP contribution in [0.15, 0.2) is 23.4 Å². The average Bonchev–Trinajstić information content (AvgIpc) is 3.38. The van der Waals surface area contributed by atoms with Crippen molar-refractivity contribution >= 4 is 11.6 Å². The topological polar surface area (TPSA) is 80.6 Å². The lowest BCUT2D eigenvalue weighted by atomic mass is 9.93. The first-order valence-electron chi connectivity index (χ1n) is 10.6. The standard InChI is InChI=1S/C22H30N2O5/c1-22(21(26)24-11-9-16(25)10-12-24)14-18(23-29-22)15-7-8-19(27-2)20(13-15)28-17-5-3-4-6-17/h7-8,13,16-17,25H,3-6,9-12,14H2,1-2H3. The maximum atomic E-state index is 13.0. The molecule has 0 bridgehead atoms. The van der Waals surface area contributed by atoms with Crippen LogP contribution in [0.25, 0.3) is 0 Å². The predicted molar refractivity (Wildman–Crippen MR) is 108 cm³/mol. The maximum Gasteiger partial charge on any atom is 0.269 e. The molecule has 1 atom stereocenters. The fourth-order valence-corrected chi connectivity index (χ4v) is 4.35. The van der Waals surface area contributed by atoms with Gasteiger partial charge in [-0.15, -0.1) is 0 Å². The van der Waals surface area contributed by atoms with Crippen LogP contribution < -0.4 is 9.47 Å². The summed E-state index contributed by atoms with van der Waals surface area (Å²) in [6.45, 7) is 2.89. The Kier molecular flexibility index (Phi) is 5.67. The highest BCUT2D eigenvalue weighted by Crippen LogP contribution is 2.35. The van der Waals surface area contributed by atoms with Gasteiger partial charge in [-0.05, 0) is 63.6 Å². The van der Waals surface area contributed by atoms with Crippen molar-refractivity contribution in [1.29, 1.82) is 0 Å². The Bertz CT molecular complexity index is 781. The van der Waals surface area contributed by atoms with Crippen molar-refractivity contribution in [3.8, 4) is 11.5 Å². The Hall–Kier alpha value is -2.28. The Labute approximate surface area is 171 Å². The summed E-state index contributed by atoms with van der Waals surface area (Å²) in [7, 11) is 1.64. The number of oxime groups is 1. The second-order valence-corrected chi connectivity index (χ2v) is 8.45. The number of aliphatic hydroxyl groups is 1. The molecule has 1 N–H and O–H groups in total. The lowest BCUT2D eigenvalue weighted by molar-refractivity contribution is -0.155. The third-order valence-corrected chi connectivity index (χ3v) is 6.16. The number of ether oxygens (including phenoxy) is 2. The summed E-state index contributed by atoms with van der Waals surface area (Å²) < 4.78 is 11.6. The highest BCUT2D eigenvalue weighted by Gasteiger charge is 2.45. The molecule has 1 unspecified atom stereocenters. The molecule has 1 saturated carbocycles. The van der Waals surface area contributed by atoms with Crippen molar-refractivity contribution in [3.05, 3.63) is 23.8 Å². The van der Waals surface area contributed by atoms with Gasteiger partial charge in [0.25, 0.3) is 5.91 Å². The highest BCUT2D eigenvalue weighted by molar-refractivity contribution is 6.05. The average molecular weight is 402 g/mol. The lowest BCUT2D eigenvalue weighted by Crippen LogP contribution is -2.50. The number of amides is 1. The molecule has 7 nitrogen and oxygen atoms in total. The lowest BCUT2D eigenvalue weighted by Gasteiger charge is -2.34. The van der Waals surface area contributed by atoms with E-state index in [-0.39, 0.29) is 18.1 Å². The van der Waals surface area contributed by atoms with Gasteiger partial charge in [-0.3, -0.25) is 4.79 Å². The fraction of sp³-hybridized carbons (Fsp3) is 0.636. The molecule has 2 heterocycles. The Morgan fingerprint density at radius 3 is 2.62 bits per heavy atom. The van der Waals surface area contributed by atoms with Crippen LogP contribution >= 0.6 is 0 Å². The van der Waals surface area contributed by atoms with Crippen molar-refractivity contribution in [2.75, 3.05) is 20.2 Å². The van der Waals surface area contributed by atoms with Gasteiger partial charge in [0.05, 0.1) is 25.0 Å². The molecule has 0 spiro atoms. The molecule has 0 aromatic heterocycles. The van der Waals surface area contributed by atoms with E-state index in [4.69, 9.17) is 14.3 Å². The summed E-state index contributed by atoms with van der Waals surface area (Å²) in [5.74, 6) is 1.34. The van der Waals surface area contributed by atoms with Crippen molar-refractivity contribution in [2.45, 2.75) is 69.7 Å². The highest BCUT2D eigenvalue weighted by atomic mass is 16.7. The summed E-state index contributed by atoms with van der Waals surface area (Å²) in [4.78, 5) is 20.4. The molecule has 1 aliphatic carbocycles. The van der Waals surface area contributed by atoms with Crippen LogP contribution in [0.4, 0.5) is 0 Å². The molecule has 1 saturated heterocycles. The van der Waals surface area contributed by atoms with E-state index < -0.39 is 5.60 Å². The molecule has 1 aromatic rings. The fourth-order valence-electron chi connectivity index (χ4n) is 4.35. The minimum absolute atomic E-state index is 0.0703. The first-order valence-corrected chi connectivity index (χ1v) is 10.6. The van der Waals surface area contributed by atoms with E-state index in [0.717, 1.165) is 24.1 Å². The number of carbonyl (C=O) groups excluding carboxylic acids is 1. The van der Waals surface area contributed by atoms with Crippen LogP contribution in [0, 0.1) is 0 Å². The normalized spacial score (nSPS) is 25.6. The van der Waals surface area contributed by atoms with E-state index in [1.807, 2.05) is 18.2 Å². The van der Waals surface area contributed by atoms with Gasteiger partial charge < -0.3 is 24.3 Å². The minimum atomic E-state index is -1.01. The molecule has 1 aromatic carbocycles. The molecule has 3 aliphatic rings. The van der Waals surface area contributed by atoms with Crippen LogP contribution in [-0.4, -0.2) is 59.6 Å². The van der Waals surface area contributed by atoms with E-state index in [2.05, 4.69) is 5.16 Å². The van der Waals surface area contributed by atoms with Crippen LogP contribution in [-0.2, 0) is 9.63 Å². The predicted octanol–water partition coefficient (Wildman–Crippen LogP) is 2.88. The van der Waals surface area contributed by atoms with Gasteiger partial charge in [0.15, 0.2) is 11.5 Å². The zero-order valence-corrected chi connectivity index (χ0v) is 17.2. The summed E-state index contributed by atoms with van der Waals surface area (Å²) in [5, 5.41) is 13.9. The van der Waals surface area contributed by atoms with Gasteiger partial charge in [0.1, 0.15) is 0 Å². The number of likely N-dealkylation sites (tertiary alicyclic amines) is 1. The van der Waals surface area contributed by atoms with Crippen molar-refractivity contribution in [3.63, 3.8) is 0 Å². The maximum absolute atomic E-state index is 13.0. The number of benzene rings is 1. The first kappa shape index (κ1) is 20.0. The molecule has 2 fully saturated rings. The van der Waals surface area contributed by atoms with Gasteiger partial charge in [0.2, 0.25) is 5.60 Å². The van der Waals surface area contributed by atoms with Gasteiger partial charge in [-0.1, -0.05) is 5.16 Å².